The van der Waals surface area contributed by atoms with Crippen LogP contribution in [0.5, 0.6) is 0 Å². The number of likely N-dealkylation sites (tertiary alicyclic amines) is 1. The molecule has 0 amide bonds. The lowest BCUT2D eigenvalue weighted by Gasteiger charge is -2.34. The maximum Gasteiger partial charge on any atom is 0.323 e. The largest absolute Gasteiger partial charge is 0.459 e. The summed E-state index contributed by atoms with van der Waals surface area (Å²) in [6.45, 7) is 12.1. The molecule has 1 aliphatic rings. The maximum atomic E-state index is 12.1. The summed E-state index contributed by atoms with van der Waals surface area (Å²) >= 11 is 0. The molecule has 1 fully saturated rings. The Morgan fingerprint density at radius 3 is 2.47 bits per heavy atom. The fraction of sp³-hybridized carbons (Fsp3) is 0.929. The van der Waals surface area contributed by atoms with Crippen molar-refractivity contribution >= 4 is 5.97 Å². The van der Waals surface area contributed by atoms with Crippen LogP contribution in [0, 0.1) is 0 Å². The zero-order valence-electron chi connectivity index (χ0n) is 12.1. The predicted octanol–water partition coefficient (Wildman–Crippen LogP) is 2.98. The molecule has 0 aromatic rings. The number of esters is 1. The summed E-state index contributed by atoms with van der Waals surface area (Å²) < 4.78 is 5.47. The second kappa shape index (κ2) is 5.38. The molecule has 0 aromatic carbocycles. The minimum Gasteiger partial charge on any atom is -0.459 e. The van der Waals surface area contributed by atoms with Crippen molar-refractivity contribution in [3.63, 3.8) is 0 Å². The molecule has 1 rings (SSSR count). The molecule has 0 aromatic heterocycles. The minimum absolute atomic E-state index is 0.0929. The van der Waals surface area contributed by atoms with E-state index < -0.39 is 5.60 Å². The fourth-order valence-corrected chi connectivity index (χ4v) is 2.71. The Labute approximate surface area is 106 Å². The average Bonchev–Trinajstić information content (AvgIpc) is 2.55. The summed E-state index contributed by atoms with van der Waals surface area (Å²) in [5, 5.41) is 0. The van der Waals surface area contributed by atoms with Crippen molar-refractivity contribution < 1.29 is 9.53 Å². The van der Waals surface area contributed by atoms with Gasteiger partial charge in [0, 0.05) is 12.1 Å². The highest BCUT2D eigenvalue weighted by atomic mass is 16.6. The number of nitrogens with zero attached hydrogens (tertiary/aromatic N) is 1. The van der Waals surface area contributed by atoms with Crippen LogP contribution >= 0.6 is 0 Å². The fourth-order valence-electron chi connectivity index (χ4n) is 2.71. The van der Waals surface area contributed by atoms with Gasteiger partial charge in [0.05, 0.1) is 0 Å². The van der Waals surface area contributed by atoms with Crippen LogP contribution in [0.4, 0.5) is 0 Å². The summed E-state index contributed by atoms with van der Waals surface area (Å²) in [6.07, 6.45) is 3.49. The zero-order chi connectivity index (χ0) is 13.2. The van der Waals surface area contributed by atoms with Crippen LogP contribution in [0.25, 0.3) is 0 Å². The number of rotatable bonds is 3. The van der Waals surface area contributed by atoms with Gasteiger partial charge in [0.25, 0.3) is 0 Å². The lowest BCUT2D eigenvalue weighted by molar-refractivity contribution is -0.162. The Bertz CT molecular complexity index is 270. The van der Waals surface area contributed by atoms with E-state index in [0.717, 1.165) is 6.42 Å². The van der Waals surface area contributed by atoms with Crippen molar-refractivity contribution in [1.29, 1.82) is 0 Å². The van der Waals surface area contributed by atoms with E-state index in [1.54, 1.807) is 0 Å². The summed E-state index contributed by atoms with van der Waals surface area (Å²) in [4.78, 5) is 14.4. The van der Waals surface area contributed by atoms with E-state index in [9.17, 15) is 4.79 Å². The van der Waals surface area contributed by atoms with Crippen LogP contribution in [0.3, 0.4) is 0 Å². The number of carbonyl (C=O) groups excluding carboxylic acids is 1. The molecule has 0 N–H and O–H groups in total. The molecular formula is C14H27NO2. The second-order valence-electron chi connectivity index (χ2n) is 6.15. The molecule has 1 aliphatic heterocycles. The second-order valence-corrected chi connectivity index (χ2v) is 6.15. The Balaban J connectivity index is 2.67. The molecule has 3 unspecified atom stereocenters. The first-order valence-corrected chi connectivity index (χ1v) is 6.76. The van der Waals surface area contributed by atoms with Gasteiger partial charge in [-0.25, -0.2) is 0 Å². The standard InChI is InChI=1S/C14H27NO2/c1-7-12-9-8-10(2)15(12)11(3)13(16)17-14(4,5)6/h10-12H,7-9H2,1-6H3. The summed E-state index contributed by atoms with van der Waals surface area (Å²) in [6, 6.07) is 0.895. The van der Waals surface area contributed by atoms with Gasteiger partial charge < -0.3 is 4.74 Å². The van der Waals surface area contributed by atoms with Gasteiger partial charge in [0.1, 0.15) is 11.6 Å². The van der Waals surface area contributed by atoms with E-state index in [-0.39, 0.29) is 12.0 Å². The van der Waals surface area contributed by atoms with Crippen LogP contribution in [0.1, 0.15) is 60.8 Å². The van der Waals surface area contributed by atoms with Gasteiger partial charge in [-0.1, -0.05) is 6.92 Å². The Kier molecular flexibility index (Phi) is 4.59. The first-order valence-electron chi connectivity index (χ1n) is 6.76. The van der Waals surface area contributed by atoms with Gasteiger partial charge in [0.15, 0.2) is 0 Å². The molecule has 100 valence electrons. The minimum atomic E-state index is -0.393. The topological polar surface area (TPSA) is 29.5 Å². The number of hydrogen-bond donors (Lipinski definition) is 0. The normalized spacial score (nSPS) is 28.1. The molecule has 1 saturated heterocycles. The van der Waals surface area contributed by atoms with Gasteiger partial charge in [-0.15, -0.1) is 0 Å². The van der Waals surface area contributed by atoms with E-state index in [4.69, 9.17) is 4.74 Å². The summed E-state index contributed by atoms with van der Waals surface area (Å²) in [5.41, 5.74) is -0.393. The van der Waals surface area contributed by atoms with Gasteiger partial charge in [-0.2, -0.15) is 0 Å². The van der Waals surface area contributed by atoms with Gasteiger partial charge >= 0.3 is 5.97 Å². The third-order valence-corrected chi connectivity index (χ3v) is 3.51. The zero-order valence-corrected chi connectivity index (χ0v) is 12.1. The van der Waals surface area contributed by atoms with Gasteiger partial charge in [-0.3, -0.25) is 9.69 Å². The lowest BCUT2D eigenvalue weighted by Crippen LogP contribution is -2.47. The van der Waals surface area contributed by atoms with Crippen LogP contribution in [0.2, 0.25) is 0 Å². The van der Waals surface area contributed by atoms with Crippen molar-refractivity contribution in [3.8, 4) is 0 Å². The molecule has 0 radical (unpaired) electrons. The highest BCUT2D eigenvalue weighted by Gasteiger charge is 2.37. The number of ether oxygens (including phenoxy) is 1. The van der Waals surface area contributed by atoms with E-state index in [0.29, 0.717) is 12.1 Å². The monoisotopic (exact) mass is 241 g/mol. The predicted molar refractivity (Wildman–Crippen MR) is 69.9 cm³/mol. The molecule has 3 nitrogen and oxygen atoms in total. The number of hydrogen-bond acceptors (Lipinski definition) is 3. The van der Waals surface area contributed by atoms with Crippen molar-refractivity contribution in [3.05, 3.63) is 0 Å². The Hall–Kier alpha value is -0.570. The van der Waals surface area contributed by atoms with Crippen molar-refractivity contribution in [2.75, 3.05) is 0 Å². The molecule has 0 bridgehead atoms. The SMILES string of the molecule is CCC1CCC(C)N1C(C)C(=O)OC(C)(C)C. The molecule has 17 heavy (non-hydrogen) atoms. The van der Waals surface area contributed by atoms with Crippen LogP contribution < -0.4 is 0 Å². The van der Waals surface area contributed by atoms with Crippen molar-refractivity contribution in [2.45, 2.75) is 84.5 Å². The quantitative estimate of drug-likeness (QED) is 0.711. The number of carbonyl (C=O) groups is 1. The Morgan fingerprint density at radius 2 is 2.00 bits per heavy atom. The highest BCUT2D eigenvalue weighted by Crippen LogP contribution is 2.29. The van der Waals surface area contributed by atoms with Gasteiger partial charge in [-0.05, 0) is 53.9 Å². The lowest BCUT2D eigenvalue weighted by atomic mass is 10.1. The van der Waals surface area contributed by atoms with E-state index in [2.05, 4.69) is 18.7 Å². The maximum absolute atomic E-state index is 12.1. The average molecular weight is 241 g/mol. The molecule has 0 saturated carbocycles. The smallest absolute Gasteiger partial charge is 0.323 e. The third kappa shape index (κ3) is 3.70. The van der Waals surface area contributed by atoms with E-state index in [1.165, 1.54) is 12.8 Å². The van der Waals surface area contributed by atoms with Crippen molar-refractivity contribution in [2.24, 2.45) is 0 Å². The molecular weight excluding hydrogens is 214 g/mol. The van der Waals surface area contributed by atoms with E-state index in [1.807, 2.05) is 27.7 Å². The van der Waals surface area contributed by atoms with Crippen LogP contribution in [-0.4, -0.2) is 34.6 Å². The van der Waals surface area contributed by atoms with Gasteiger partial charge in [0.2, 0.25) is 0 Å². The van der Waals surface area contributed by atoms with Crippen LogP contribution in [0.15, 0.2) is 0 Å². The molecule has 1 heterocycles. The molecule has 3 heteroatoms. The Morgan fingerprint density at radius 1 is 1.41 bits per heavy atom. The molecule has 3 atom stereocenters. The third-order valence-electron chi connectivity index (χ3n) is 3.51. The summed E-state index contributed by atoms with van der Waals surface area (Å²) in [5.74, 6) is -0.0929. The molecule has 0 aliphatic carbocycles. The van der Waals surface area contributed by atoms with Crippen molar-refractivity contribution in [1.82, 2.24) is 4.90 Å². The highest BCUT2D eigenvalue weighted by molar-refractivity contribution is 5.75. The van der Waals surface area contributed by atoms with Crippen LogP contribution in [-0.2, 0) is 9.53 Å². The first-order chi connectivity index (χ1) is 7.76. The first kappa shape index (κ1) is 14.5. The van der Waals surface area contributed by atoms with E-state index >= 15 is 0 Å². The summed E-state index contributed by atoms with van der Waals surface area (Å²) in [7, 11) is 0. The molecule has 0 spiro atoms.